The fourth-order valence-electron chi connectivity index (χ4n) is 2.96. The van der Waals surface area contributed by atoms with Crippen LogP contribution < -0.4 is 9.64 Å². The van der Waals surface area contributed by atoms with Gasteiger partial charge in [0, 0.05) is 31.7 Å². The molecule has 0 aromatic heterocycles. The quantitative estimate of drug-likeness (QED) is 0.874. The van der Waals surface area contributed by atoms with Gasteiger partial charge in [0.2, 0.25) is 0 Å². The second-order valence-electron chi connectivity index (χ2n) is 5.82. The third kappa shape index (κ3) is 3.31. The molecule has 0 spiro atoms. The van der Waals surface area contributed by atoms with E-state index in [9.17, 15) is 4.79 Å². The van der Waals surface area contributed by atoms with E-state index in [0.717, 1.165) is 43.2 Å². The molecule has 1 fully saturated rings. The first-order valence-corrected chi connectivity index (χ1v) is 7.93. The summed E-state index contributed by atoms with van der Waals surface area (Å²) in [4.78, 5) is 16.7. The van der Waals surface area contributed by atoms with E-state index >= 15 is 0 Å². The second-order valence-corrected chi connectivity index (χ2v) is 5.82. The van der Waals surface area contributed by atoms with Crippen LogP contribution >= 0.6 is 0 Å². The molecule has 4 heteroatoms. The summed E-state index contributed by atoms with van der Waals surface area (Å²) >= 11 is 0. The van der Waals surface area contributed by atoms with Gasteiger partial charge in [-0.3, -0.25) is 4.79 Å². The van der Waals surface area contributed by atoms with E-state index in [2.05, 4.69) is 24.0 Å². The molecule has 1 saturated heterocycles. The third-order valence-corrected chi connectivity index (χ3v) is 4.26. The number of ether oxygens (including phenoxy) is 1. The summed E-state index contributed by atoms with van der Waals surface area (Å²) < 4.78 is 5.47. The lowest BCUT2D eigenvalue weighted by Crippen LogP contribution is -2.48. The molecule has 0 unspecified atom stereocenters. The van der Waals surface area contributed by atoms with Gasteiger partial charge in [-0.2, -0.15) is 0 Å². The first-order chi connectivity index (χ1) is 11.2. The number of aryl methyl sites for hydroxylation is 1. The smallest absolute Gasteiger partial charge is 0.253 e. The Bertz CT molecular complexity index is 677. The van der Waals surface area contributed by atoms with Crippen molar-refractivity contribution in [3.05, 3.63) is 59.7 Å². The largest absolute Gasteiger partial charge is 0.495 e. The van der Waals surface area contributed by atoms with Gasteiger partial charge in [-0.15, -0.1) is 0 Å². The third-order valence-electron chi connectivity index (χ3n) is 4.26. The van der Waals surface area contributed by atoms with Gasteiger partial charge in [-0.25, -0.2) is 0 Å². The Morgan fingerprint density at radius 2 is 1.70 bits per heavy atom. The van der Waals surface area contributed by atoms with Crippen LogP contribution in [0.5, 0.6) is 5.75 Å². The zero-order valence-corrected chi connectivity index (χ0v) is 13.7. The highest BCUT2D eigenvalue weighted by atomic mass is 16.5. The number of nitrogens with zero attached hydrogens (tertiary/aromatic N) is 2. The highest BCUT2D eigenvalue weighted by molar-refractivity contribution is 5.94. The van der Waals surface area contributed by atoms with Crippen LogP contribution in [0.3, 0.4) is 0 Å². The standard InChI is InChI=1S/C19H22N2O2/c1-15-8-9-18(23-2)17(14-15)20-10-12-21(13-11-20)19(22)16-6-4-3-5-7-16/h3-9,14H,10-13H2,1-2H3. The van der Waals surface area contributed by atoms with Crippen LogP contribution in [0.15, 0.2) is 48.5 Å². The van der Waals surface area contributed by atoms with Gasteiger partial charge in [0.25, 0.3) is 5.91 Å². The van der Waals surface area contributed by atoms with Crippen LogP contribution in [0.25, 0.3) is 0 Å². The summed E-state index contributed by atoms with van der Waals surface area (Å²) in [5.41, 5.74) is 3.08. The molecule has 2 aromatic rings. The van der Waals surface area contributed by atoms with Crippen molar-refractivity contribution in [3.63, 3.8) is 0 Å². The van der Waals surface area contributed by atoms with E-state index in [1.165, 1.54) is 5.56 Å². The number of hydrogen-bond donors (Lipinski definition) is 0. The summed E-state index contributed by atoms with van der Waals surface area (Å²) in [5, 5.41) is 0. The Labute approximate surface area is 137 Å². The zero-order chi connectivity index (χ0) is 16.2. The van der Waals surface area contributed by atoms with Crippen molar-refractivity contribution in [2.45, 2.75) is 6.92 Å². The molecule has 1 amide bonds. The molecule has 0 atom stereocenters. The van der Waals surface area contributed by atoms with E-state index < -0.39 is 0 Å². The molecule has 1 aliphatic rings. The molecule has 4 nitrogen and oxygen atoms in total. The van der Waals surface area contributed by atoms with Crippen molar-refractivity contribution in [3.8, 4) is 5.75 Å². The highest BCUT2D eigenvalue weighted by Crippen LogP contribution is 2.30. The number of rotatable bonds is 3. The number of piperazine rings is 1. The molecule has 120 valence electrons. The first kappa shape index (κ1) is 15.4. The summed E-state index contributed by atoms with van der Waals surface area (Å²) in [7, 11) is 1.70. The number of hydrogen-bond acceptors (Lipinski definition) is 3. The maximum atomic E-state index is 12.5. The summed E-state index contributed by atoms with van der Waals surface area (Å²) in [6.07, 6.45) is 0. The predicted octanol–water partition coefficient (Wildman–Crippen LogP) is 2.97. The van der Waals surface area contributed by atoms with E-state index in [-0.39, 0.29) is 5.91 Å². The summed E-state index contributed by atoms with van der Waals surface area (Å²) in [6, 6.07) is 15.7. The molecule has 3 rings (SSSR count). The Balaban J connectivity index is 1.69. The number of anilines is 1. The van der Waals surface area contributed by atoms with Crippen molar-refractivity contribution in [1.82, 2.24) is 4.90 Å². The molecular weight excluding hydrogens is 288 g/mol. The number of carbonyl (C=O) groups excluding carboxylic acids is 1. The van der Waals surface area contributed by atoms with Crippen LogP contribution in [-0.4, -0.2) is 44.1 Å². The number of amides is 1. The fraction of sp³-hybridized carbons (Fsp3) is 0.316. The molecule has 0 N–H and O–H groups in total. The lowest BCUT2D eigenvalue weighted by atomic mass is 10.1. The Hall–Kier alpha value is -2.49. The van der Waals surface area contributed by atoms with Gasteiger partial charge in [-0.05, 0) is 36.8 Å². The van der Waals surface area contributed by atoms with Crippen molar-refractivity contribution in [1.29, 1.82) is 0 Å². The fourth-order valence-corrected chi connectivity index (χ4v) is 2.96. The zero-order valence-electron chi connectivity index (χ0n) is 13.7. The second kappa shape index (κ2) is 6.73. The van der Waals surface area contributed by atoms with Gasteiger partial charge >= 0.3 is 0 Å². The number of carbonyl (C=O) groups is 1. The summed E-state index contributed by atoms with van der Waals surface area (Å²) in [5.74, 6) is 1.000. The lowest BCUT2D eigenvalue weighted by molar-refractivity contribution is 0.0746. The van der Waals surface area contributed by atoms with E-state index in [0.29, 0.717) is 0 Å². The van der Waals surface area contributed by atoms with Crippen LogP contribution in [0.1, 0.15) is 15.9 Å². The maximum absolute atomic E-state index is 12.5. The molecule has 0 saturated carbocycles. The highest BCUT2D eigenvalue weighted by Gasteiger charge is 2.23. The molecule has 0 radical (unpaired) electrons. The Morgan fingerprint density at radius 3 is 2.35 bits per heavy atom. The molecular formula is C19H22N2O2. The van der Waals surface area contributed by atoms with E-state index in [4.69, 9.17) is 4.74 Å². The first-order valence-electron chi connectivity index (χ1n) is 7.93. The van der Waals surface area contributed by atoms with Crippen LogP contribution in [0.2, 0.25) is 0 Å². The normalized spacial score (nSPS) is 14.7. The van der Waals surface area contributed by atoms with Gasteiger partial charge in [-0.1, -0.05) is 24.3 Å². The van der Waals surface area contributed by atoms with Gasteiger partial charge in [0.15, 0.2) is 0 Å². The van der Waals surface area contributed by atoms with Crippen molar-refractivity contribution in [2.24, 2.45) is 0 Å². The maximum Gasteiger partial charge on any atom is 0.253 e. The van der Waals surface area contributed by atoms with E-state index in [1.54, 1.807) is 7.11 Å². The van der Waals surface area contributed by atoms with Crippen LogP contribution in [-0.2, 0) is 0 Å². The van der Waals surface area contributed by atoms with Crippen LogP contribution in [0.4, 0.5) is 5.69 Å². The molecule has 2 aromatic carbocycles. The summed E-state index contributed by atoms with van der Waals surface area (Å²) in [6.45, 7) is 5.17. The van der Waals surface area contributed by atoms with Crippen molar-refractivity contribution < 1.29 is 9.53 Å². The molecule has 1 aliphatic heterocycles. The molecule has 23 heavy (non-hydrogen) atoms. The average molecular weight is 310 g/mol. The Morgan fingerprint density at radius 1 is 1.00 bits per heavy atom. The molecule has 1 heterocycles. The minimum atomic E-state index is 0.112. The topological polar surface area (TPSA) is 32.8 Å². The molecule has 0 bridgehead atoms. The Kier molecular flexibility index (Phi) is 4.51. The predicted molar refractivity (Wildman–Crippen MR) is 92.3 cm³/mol. The number of methoxy groups -OCH3 is 1. The molecule has 0 aliphatic carbocycles. The van der Waals surface area contributed by atoms with Crippen molar-refractivity contribution in [2.75, 3.05) is 38.2 Å². The SMILES string of the molecule is COc1ccc(C)cc1N1CCN(C(=O)c2ccccc2)CC1. The van der Waals surface area contributed by atoms with Gasteiger partial charge < -0.3 is 14.5 Å². The van der Waals surface area contributed by atoms with E-state index in [1.807, 2.05) is 41.3 Å². The monoisotopic (exact) mass is 310 g/mol. The van der Waals surface area contributed by atoms with Gasteiger partial charge in [0.1, 0.15) is 5.75 Å². The lowest BCUT2D eigenvalue weighted by Gasteiger charge is -2.36. The number of benzene rings is 2. The minimum absolute atomic E-state index is 0.112. The van der Waals surface area contributed by atoms with Crippen molar-refractivity contribution >= 4 is 11.6 Å². The van der Waals surface area contributed by atoms with Crippen LogP contribution in [0, 0.1) is 6.92 Å². The minimum Gasteiger partial charge on any atom is -0.495 e. The average Bonchev–Trinajstić information content (AvgIpc) is 2.62. The van der Waals surface area contributed by atoms with Gasteiger partial charge in [0.05, 0.1) is 12.8 Å².